The summed E-state index contributed by atoms with van der Waals surface area (Å²) in [5.74, 6) is 1.96. The summed E-state index contributed by atoms with van der Waals surface area (Å²) in [5, 5.41) is 0.545. The lowest BCUT2D eigenvalue weighted by Gasteiger charge is -2.28. The fourth-order valence-electron chi connectivity index (χ4n) is 4.00. The van der Waals surface area contributed by atoms with Gasteiger partial charge in [0.05, 0.1) is 0 Å². The van der Waals surface area contributed by atoms with E-state index in [2.05, 4.69) is 36.2 Å². The van der Waals surface area contributed by atoms with E-state index in [1.165, 1.54) is 62.5 Å². The van der Waals surface area contributed by atoms with Gasteiger partial charge in [0.2, 0.25) is 0 Å². The Hall–Kier alpha value is -1.34. The van der Waals surface area contributed by atoms with Gasteiger partial charge in [-0.1, -0.05) is 81.3 Å². The molecule has 2 heteroatoms. The van der Waals surface area contributed by atoms with Crippen molar-refractivity contribution in [2.75, 3.05) is 0 Å². The Morgan fingerprint density at radius 3 is 2.08 bits per heavy atom. The number of nitrogens with zero attached hydrogens (tertiary/aromatic N) is 1. The third-order valence-electron chi connectivity index (χ3n) is 5.52. The second-order valence-electron chi connectivity index (χ2n) is 7.28. The molecule has 1 aromatic heterocycles. The monoisotopic (exact) mass is 341 g/mol. The molecule has 1 heterocycles. The number of rotatable bonds is 6. The van der Waals surface area contributed by atoms with E-state index >= 15 is 0 Å². The van der Waals surface area contributed by atoms with Gasteiger partial charge in [0, 0.05) is 11.8 Å². The molecule has 0 bridgehead atoms. The van der Waals surface area contributed by atoms with Gasteiger partial charge < -0.3 is 0 Å². The van der Waals surface area contributed by atoms with Crippen LogP contribution >= 0.6 is 11.6 Å². The first-order valence-corrected chi connectivity index (χ1v) is 9.83. The molecular formula is C22H28ClN. The predicted molar refractivity (Wildman–Crippen MR) is 103 cm³/mol. The summed E-state index contributed by atoms with van der Waals surface area (Å²) in [6.07, 6.45) is 13.0. The summed E-state index contributed by atoms with van der Waals surface area (Å²) in [5.41, 5.74) is 3.79. The Morgan fingerprint density at radius 2 is 1.50 bits per heavy atom. The lowest BCUT2D eigenvalue weighted by molar-refractivity contribution is 0.252. The predicted octanol–water partition coefficient (Wildman–Crippen LogP) is 6.94. The van der Waals surface area contributed by atoms with Crippen molar-refractivity contribution in [3.63, 3.8) is 0 Å². The quantitative estimate of drug-likeness (QED) is 0.518. The van der Waals surface area contributed by atoms with Crippen molar-refractivity contribution < 1.29 is 0 Å². The van der Waals surface area contributed by atoms with E-state index in [9.17, 15) is 0 Å². The van der Waals surface area contributed by atoms with Crippen LogP contribution in [0.2, 0.25) is 5.15 Å². The highest BCUT2D eigenvalue weighted by molar-refractivity contribution is 6.29. The molecule has 1 saturated carbocycles. The number of aryl methyl sites for hydroxylation is 1. The fourth-order valence-corrected chi connectivity index (χ4v) is 4.11. The van der Waals surface area contributed by atoms with Crippen LogP contribution in [-0.4, -0.2) is 4.98 Å². The number of halogens is 1. The third kappa shape index (κ3) is 4.83. The number of pyridine rings is 1. The molecule has 1 aliphatic carbocycles. The summed E-state index contributed by atoms with van der Waals surface area (Å²) in [6.45, 7) is 2.32. The van der Waals surface area contributed by atoms with E-state index in [0.717, 1.165) is 17.4 Å². The first-order chi connectivity index (χ1) is 11.7. The van der Waals surface area contributed by atoms with Crippen LogP contribution in [0.25, 0.3) is 11.1 Å². The summed E-state index contributed by atoms with van der Waals surface area (Å²) in [4.78, 5) is 4.16. The summed E-state index contributed by atoms with van der Waals surface area (Å²) < 4.78 is 0. The van der Waals surface area contributed by atoms with Gasteiger partial charge in [0.15, 0.2) is 0 Å². The van der Waals surface area contributed by atoms with Crippen molar-refractivity contribution in [1.29, 1.82) is 0 Å². The molecule has 1 nitrogen and oxygen atoms in total. The van der Waals surface area contributed by atoms with Crippen molar-refractivity contribution in [2.45, 2.75) is 58.3 Å². The maximum Gasteiger partial charge on any atom is 0.129 e. The van der Waals surface area contributed by atoms with Crippen molar-refractivity contribution in [1.82, 2.24) is 4.98 Å². The highest BCUT2D eigenvalue weighted by Crippen LogP contribution is 2.34. The van der Waals surface area contributed by atoms with Gasteiger partial charge in [-0.2, -0.15) is 0 Å². The fraction of sp³-hybridized carbons (Fsp3) is 0.500. The highest BCUT2D eigenvalue weighted by Gasteiger charge is 2.20. The topological polar surface area (TPSA) is 12.9 Å². The molecule has 1 aromatic carbocycles. The van der Waals surface area contributed by atoms with Crippen LogP contribution in [0, 0.1) is 11.8 Å². The normalized spacial score (nSPS) is 20.9. The van der Waals surface area contributed by atoms with Crippen LogP contribution < -0.4 is 0 Å². The zero-order valence-electron chi connectivity index (χ0n) is 14.7. The van der Waals surface area contributed by atoms with Crippen LogP contribution in [0.3, 0.4) is 0 Å². The lowest BCUT2D eigenvalue weighted by Crippen LogP contribution is -2.15. The SMILES string of the molecule is CCC[C@H]1CC[C@H](CCc2ccc(-c3ccc(Cl)nc3)cc2)CC1. The Labute approximate surface area is 151 Å². The molecule has 0 N–H and O–H groups in total. The smallest absolute Gasteiger partial charge is 0.129 e. The van der Waals surface area contributed by atoms with Gasteiger partial charge in [-0.25, -0.2) is 4.98 Å². The molecule has 0 spiro atoms. The number of benzene rings is 1. The molecule has 0 saturated heterocycles. The Balaban J connectivity index is 1.49. The second kappa shape index (κ2) is 8.67. The van der Waals surface area contributed by atoms with E-state index in [0.29, 0.717) is 5.15 Å². The molecule has 128 valence electrons. The minimum Gasteiger partial charge on any atom is -0.244 e. The molecule has 3 rings (SSSR count). The van der Waals surface area contributed by atoms with E-state index in [4.69, 9.17) is 11.6 Å². The van der Waals surface area contributed by atoms with Gasteiger partial charge in [-0.3, -0.25) is 0 Å². The molecule has 0 radical (unpaired) electrons. The molecule has 1 aliphatic rings. The van der Waals surface area contributed by atoms with Crippen molar-refractivity contribution in [2.24, 2.45) is 11.8 Å². The molecule has 24 heavy (non-hydrogen) atoms. The largest absolute Gasteiger partial charge is 0.244 e. The first kappa shape index (κ1) is 17.5. The maximum absolute atomic E-state index is 5.85. The molecule has 1 fully saturated rings. The Bertz CT molecular complexity index is 609. The summed E-state index contributed by atoms with van der Waals surface area (Å²) in [7, 11) is 0. The van der Waals surface area contributed by atoms with Gasteiger partial charge in [0.25, 0.3) is 0 Å². The van der Waals surface area contributed by atoms with Crippen LogP contribution in [0.5, 0.6) is 0 Å². The Kier molecular flexibility index (Phi) is 6.31. The van der Waals surface area contributed by atoms with Gasteiger partial charge in [0.1, 0.15) is 5.15 Å². The van der Waals surface area contributed by atoms with Gasteiger partial charge in [-0.05, 0) is 47.9 Å². The summed E-state index contributed by atoms with van der Waals surface area (Å²) in [6, 6.07) is 12.8. The summed E-state index contributed by atoms with van der Waals surface area (Å²) >= 11 is 5.85. The minimum atomic E-state index is 0.545. The Morgan fingerprint density at radius 1 is 0.875 bits per heavy atom. The third-order valence-corrected chi connectivity index (χ3v) is 5.74. The van der Waals surface area contributed by atoms with Crippen LogP contribution in [0.15, 0.2) is 42.6 Å². The second-order valence-corrected chi connectivity index (χ2v) is 7.67. The molecular weight excluding hydrogens is 314 g/mol. The number of hydrogen-bond acceptors (Lipinski definition) is 1. The standard InChI is InChI=1S/C22H28ClN/c1-2-3-17-4-6-18(7-5-17)8-9-19-10-12-20(13-11-19)21-14-15-22(23)24-16-21/h10-18H,2-9H2,1H3/t17-,18-. The molecule has 2 aromatic rings. The highest BCUT2D eigenvalue weighted by atomic mass is 35.5. The van der Waals surface area contributed by atoms with Crippen molar-refractivity contribution >= 4 is 11.6 Å². The van der Waals surface area contributed by atoms with Crippen molar-refractivity contribution in [3.05, 3.63) is 53.3 Å². The molecule has 0 amide bonds. The van der Waals surface area contributed by atoms with E-state index in [1.807, 2.05) is 18.3 Å². The van der Waals surface area contributed by atoms with E-state index in [1.54, 1.807) is 0 Å². The van der Waals surface area contributed by atoms with Gasteiger partial charge in [-0.15, -0.1) is 0 Å². The maximum atomic E-state index is 5.85. The lowest BCUT2D eigenvalue weighted by atomic mass is 9.78. The molecule has 0 atom stereocenters. The van der Waals surface area contributed by atoms with Crippen LogP contribution in [0.4, 0.5) is 0 Å². The van der Waals surface area contributed by atoms with Crippen molar-refractivity contribution in [3.8, 4) is 11.1 Å². The average Bonchev–Trinajstić information content (AvgIpc) is 2.63. The van der Waals surface area contributed by atoms with E-state index < -0.39 is 0 Å². The van der Waals surface area contributed by atoms with Crippen LogP contribution in [-0.2, 0) is 6.42 Å². The molecule has 0 aliphatic heterocycles. The zero-order valence-corrected chi connectivity index (χ0v) is 15.4. The van der Waals surface area contributed by atoms with Crippen LogP contribution in [0.1, 0.15) is 57.4 Å². The number of hydrogen-bond donors (Lipinski definition) is 0. The zero-order chi connectivity index (χ0) is 16.8. The average molecular weight is 342 g/mol. The minimum absolute atomic E-state index is 0.545. The first-order valence-electron chi connectivity index (χ1n) is 9.45. The number of aromatic nitrogens is 1. The van der Waals surface area contributed by atoms with E-state index in [-0.39, 0.29) is 0 Å². The van der Waals surface area contributed by atoms with Gasteiger partial charge >= 0.3 is 0 Å². The molecule has 0 unspecified atom stereocenters.